The molecule has 0 amide bonds. The maximum Gasteiger partial charge on any atom is 0.153 e. The number of halogens is 2. The van der Waals surface area contributed by atoms with E-state index in [0.29, 0.717) is 22.3 Å². The lowest BCUT2D eigenvalue weighted by molar-refractivity contribution is -0.127. The minimum Gasteiger partial charge on any atom is -0.387 e. The van der Waals surface area contributed by atoms with E-state index in [0.717, 1.165) is 11.4 Å². The van der Waals surface area contributed by atoms with E-state index in [9.17, 15) is 23.8 Å². The highest BCUT2D eigenvalue weighted by atomic mass is 19.1. The lowest BCUT2D eigenvalue weighted by Gasteiger charge is -2.30. The molecule has 40 heavy (non-hydrogen) atoms. The fraction of sp³-hybridized carbons (Fsp3) is 0.242. The highest BCUT2D eigenvalue weighted by Gasteiger charge is 2.39. The minimum atomic E-state index is -1.29. The highest BCUT2D eigenvalue weighted by Crippen LogP contribution is 2.42. The summed E-state index contributed by atoms with van der Waals surface area (Å²) in [5.41, 5.74) is 3.63. The molecule has 0 spiro atoms. The molecule has 208 valence electrons. The number of hydrogen-bond acceptors (Lipinski definition) is 5. The van der Waals surface area contributed by atoms with E-state index in [2.05, 4.69) is 0 Å². The van der Waals surface area contributed by atoms with E-state index in [1.807, 2.05) is 62.3 Å². The standard InChI is InChI=1S/C33H34F2N2O3/c1-36(2)27-17-9-23(10-18-27)31(38)29(21-5-13-25(34)14-6-21)33(40)30(22-7-15-26(35)16-8-22)32(39)24-11-19-28(20-12-24)37(3)4/h5-20,29-32,38-39H,1-4H3. The molecule has 0 saturated carbocycles. The molecule has 0 saturated heterocycles. The lowest BCUT2D eigenvalue weighted by Crippen LogP contribution is -2.30. The zero-order valence-electron chi connectivity index (χ0n) is 23.0. The summed E-state index contributed by atoms with van der Waals surface area (Å²) in [7, 11) is 7.60. The summed E-state index contributed by atoms with van der Waals surface area (Å²) >= 11 is 0. The van der Waals surface area contributed by atoms with Gasteiger partial charge in [-0.2, -0.15) is 0 Å². The number of ketones is 1. The average molecular weight is 545 g/mol. The van der Waals surface area contributed by atoms with Gasteiger partial charge in [0, 0.05) is 39.6 Å². The van der Waals surface area contributed by atoms with Crippen LogP contribution >= 0.6 is 0 Å². The molecule has 4 aromatic rings. The Balaban J connectivity index is 1.81. The second-order valence-corrected chi connectivity index (χ2v) is 10.3. The first-order valence-corrected chi connectivity index (χ1v) is 13.0. The molecule has 0 aromatic heterocycles. The fourth-order valence-corrected chi connectivity index (χ4v) is 4.86. The van der Waals surface area contributed by atoms with Crippen molar-refractivity contribution < 1.29 is 23.8 Å². The Kier molecular flexibility index (Phi) is 8.97. The molecule has 5 nitrogen and oxygen atoms in total. The van der Waals surface area contributed by atoms with Gasteiger partial charge in [-0.15, -0.1) is 0 Å². The molecule has 2 N–H and O–H groups in total. The molecule has 7 heteroatoms. The summed E-state index contributed by atoms with van der Waals surface area (Å²) in [6, 6.07) is 25.1. The molecule has 0 radical (unpaired) electrons. The number of aliphatic hydroxyl groups excluding tert-OH is 2. The monoisotopic (exact) mass is 544 g/mol. The van der Waals surface area contributed by atoms with Crippen molar-refractivity contribution in [1.29, 1.82) is 0 Å². The number of carbonyl (C=O) groups excluding carboxylic acids is 1. The predicted octanol–water partition coefficient (Wildman–Crippen LogP) is 6.00. The van der Waals surface area contributed by atoms with Crippen LogP contribution in [-0.4, -0.2) is 44.2 Å². The first kappa shape index (κ1) is 28.9. The van der Waals surface area contributed by atoms with Crippen LogP contribution in [0.25, 0.3) is 0 Å². The molecular formula is C33H34F2N2O3. The SMILES string of the molecule is CN(C)c1ccc(C(O)C(C(=O)C(c2ccc(F)cc2)C(O)c2ccc(N(C)C)cc2)c2ccc(F)cc2)cc1. The summed E-state index contributed by atoms with van der Waals surface area (Å²) in [4.78, 5) is 18.3. The number of rotatable bonds is 10. The molecule has 0 fully saturated rings. The van der Waals surface area contributed by atoms with Gasteiger partial charge in [-0.05, 0) is 70.8 Å². The van der Waals surface area contributed by atoms with Gasteiger partial charge in [-0.3, -0.25) is 4.79 Å². The van der Waals surface area contributed by atoms with Gasteiger partial charge < -0.3 is 20.0 Å². The quantitative estimate of drug-likeness (QED) is 0.256. The third-order valence-corrected chi connectivity index (χ3v) is 7.20. The van der Waals surface area contributed by atoms with E-state index >= 15 is 0 Å². The summed E-state index contributed by atoms with van der Waals surface area (Å²) in [6.45, 7) is 0. The van der Waals surface area contributed by atoms with Crippen LogP contribution in [0.5, 0.6) is 0 Å². The highest BCUT2D eigenvalue weighted by molar-refractivity contribution is 5.93. The van der Waals surface area contributed by atoms with E-state index in [-0.39, 0.29) is 0 Å². The van der Waals surface area contributed by atoms with Crippen molar-refractivity contribution >= 4 is 17.2 Å². The molecule has 0 aliphatic heterocycles. The first-order valence-electron chi connectivity index (χ1n) is 13.0. The van der Waals surface area contributed by atoms with Gasteiger partial charge in [0.05, 0.1) is 24.0 Å². The van der Waals surface area contributed by atoms with Gasteiger partial charge in [0.25, 0.3) is 0 Å². The fourth-order valence-electron chi connectivity index (χ4n) is 4.86. The Bertz CT molecular complexity index is 1300. The van der Waals surface area contributed by atoms with Crippen LogP contribution in [0, 0.1) is 11.6 Å². The topological polar surface area (TPSA) is 64.0 Å². The van der Waals surface area contributed by atoms with Gasteiger partial charge in [-0.1, -0.05) is 48.5 Å². The summed E-state index contributed by atoms with van der Waals surface area (Å²) in [5, 5.41) is 23.2. The van der Waals surface area contributed by atoms with Crippen LogP contribution in [0.15, 0.2) is 97.1 Å². The Morgan fingerprint density at radius 1 is 0.525 bits per heavy atom. The van der Waals surface area contributed by atoms with Gasteiger partial charge in [0.1, 0.15) is 11.6 Å². The lowest BCUT2D eigenvalue weighted by atomic mass is 9.75. The second kappa shape index (κ2) is 12.4. The van der Waals surface area contributed by atoms with Crippen LogP contribution in [0.2, 0.25) is 0 Å². The molecule has 4 aromatic carbocycles. The Labute approximate surface area is 233 Å². The Morgan fingerprint density at radius 3 is 1.07 bits per heavy atom. The molecule has 0 aliphatic carbocycles. The maximum atomic E-state index is 14.5. The number of Topliss-reactive ketones (excluding diaryl/α,β-unsaturated/α-hetero) is 1. The molecule has 0 heterocycles. The summed E-state index contributed by atoms with van der Waals surface area (Å²) < 4.78 is 27.7. The van der Waals surface area contributed by atoms with Crippen LogP contribution in [0.1, 0.15) is 46.3 Å². The maximum absolute atomic E-state index is 14.5. The van der Waals surface area contributed by atoms with Crippen LogP contribution < -0.4 is 9.80 Å². The normalized spacial score (nSPS) is 14.2. The summed E-state index contributed by atoms with van der Waals surface area (Å²) in [5.74, 6) is -3.72. The smallest absolute Gasteiger partial charge is 0.153 e. The van der Waals surface area contributed by atoms with E-state index in [1.165, 1.54) is 48.5 Å². The van der Waals surface area contributed by atoms with E-state index in [4.69, 9.17) is 0 Å². The molecule has 4 unspecified atom stereocenters. The second-order valence-electron chi connectivity index (χ2n) is 10.3. The third kappa shape index (κ3) is 6.38. The number of anilines is 2. The van der Waals surface area contributed by atoms with E-state index in [1.54, 1.807) is 24.3 Å². The van der Waals surface area contributed by atoms with Crippen molar-refractivity contribution in [3.63, 3.8) is 0 Å². The van der Waals surface area contributed by atoms with Crippen molar-refractivity contribution in [3.8, 4) is 0 Å². The van der Waals surface area contributed by atoms with Crippen LogP contribution in [-0.2, 0) is 4.79 Å². The number of aliphatic hydroxyl groups is 2. The average Bonchev–Trinajstić information content (AvgIpc) is 2.95. The van der Waals surface area contributed by atoms with Crippen LogP contribution in [0.4, 0.5) is 20.2 Å². The first-order chi connectivity index (χ1) is 19.1. The van der Waals surface area contributed by atoms with Crippen molar-refractivity contribution in [2.75, 3.05) is 38.0 Å². The van der Waals surface area contributed by atoms with Crippen molar-refractivity contribution in [1.82, 2.24) is 0 Å². The van der Waals surface area contributed by atoms with Crippen molar-refractivity contribution in [3.05, 3.63) is 131 Å². The predicted molar refractivity (Wildman–Crippen MR) is 155 cm³/mol. The van der Waals surface area contributed by atoms with E-state index < -0.39 is 41.5 Å². The Hall–Kier alpha value is -4.07. The zero-order valence-corrected chi connectivity index (χ0v) is 23.0. The molecule has 4 atom stereocenters. The molecule has 4 rings (SSSR count). The number of hydrogen-bond donors (Lipinski definition) is 2. The third-order valence-electron chi connectivity index (χ3n) is 7.20. The number of carbonyl (C=O) groups is 1. The van der Waals surface area contributed by atoms with Gasteiger partial charge in [-0.25, -0.2) is 8.78 Å². The Morgan fingerprint density at radius 2 is 0.800 bits per heavy atom. The van der Waals surface area contributed by atoms with Gasteiger partial charge >= 0.3 is 0 Å². The zero-order chi connectivity index (χ0) is 29.0. The molecular weight excluding hydrogens is 510 g/mol. The van der Waals surface area contributed by atoms with Crippen molar-refractivity contribution in [2.24, 2.45) is 0 Å². The summed E-state index contributed by atoms with van der Waals surface area (Å²) in [6.07, 6.45) is -2.58. The van der Waals surface area contributed by atoms with Crippen molar-refractivity contribution in [2.45, 2.75) is 24.0 Å². The number of benzene rings is 4. The largest absolute Gasteiger partial charge is 0.387 e. The van der Waals surface area contributed by atoms with Gasteiger partial charge in [0.15, 0.2) is 5.78 Å². The molecule has 0 aliphatic rings. The van der Waals surface area contributed by atoms with Gasteiger partial charge in [0.2, 0.25) is 0 Å². The van der Waals surface area contributed by atoms with Crippen LogP contribution in [0.3, 0.4) is 0 Å². The molecule has 0 bridgehead atoms. The number of nitrogens with zero attached hydrogens (tertiary/aromatic N) is 2. The minimum absolute atomic E-state index is 0.401.